The van der Waals surface area contributed by atoms with Crippen molar-refractivity contribution in [1.82, 2.24) is 24.5 Å². The number of carbonyl (C=O) groups excluding carboxylic acids is 1. The van der Waals surface area contributed by atoms with Crippen molar-refractivity contribution in [3.63, 3.8) is 0 Å². The van der Waals surface area contributed by atoms with E-state index in [1.54, 1.807) is 41.6 Å². The maximum atomic E-state index is 12.0. The summed E-state index contributed by atoms with van der Waals surface area (Å²) in [6, 6.07) is 3.50. The van der Waals surface area contributed by atoms with Crippen LogP contribution < -0.4 is 5.32 Å². The summed E-state index contributed by atoms with van der Waals surface area (Å²) in [7, 11) is 0. The summed E-state index contributed by atoms with van der Waals surface area (Å²) < 4.78 is 1.76. The Morgan fingerprint density at radius 2 is 2.10 bits per heavy atom. The van der Waals surface area contributed by atoms with Crippen LogP contribution >= 0.6 is 11.6 Å². The van der Waals surface area contributed by atoms with Gasteiger partial charge in [0.15, 0.2) is 0 Å². The van der Waals surface area contributed by atoms with Crippen LogP contribution in [0.2, 0.25) is 5.15 Å². The first-order valence-electron chi connectivity index (χ1n) is 5.95. The number of hydrogen-bond donors (Lipinski definition) is 1. The molecule has 1 N–H and O–H groups in total. The van der Waals surface area contributed by atoms with E-state index in [2.05, 4.69) is 25.3 Å². The molecule has 3 aromatic rings. The third-order valence-electron chi connectivity index (χ3n) is 2.61. The molecule has 0 aliphatic heterocycles. The van der Waals surface area contributed by atoms with Crippen LogP contribution in [0.25, 0.3) is 5.82 Å². The molecule has 3 heterocycles. The molecule has 0 unspecified atom stereocenters. The standard InChI is InChI=1S/C13H9ClN6O/c14-11-7-16-6-10(19-11)13(21)18-9-1-2-12(17-5-9)20-4-3-15-8-20/h1-8H,(H,18,21). The van der Waals surface area contributed by atoms with E-state index in [1.807, 2.05) is 0 Å². The Balaban J connectivity index is 1.75. The second-order valence-electron chi connectivity index (χ2n) is 4.06. The van der Waals surface area contributed by atoms with E-state index in [9.17, 15) is 4.79 Å². The van der Waals surface area contributed by atoms with Gasteiger partial charge in [0.1, 0.15) is 23.0 Å². The van der Waals surface area contributed by atoms with E-state index < -0.39 is 5.91 Å². The number of nitrogens with zero attached hydrogens (tertiary/aromatic N) is 5. The van der Waals surface area contributed by atoms with Gasteiger partial charge in [0.2, 0.25) is 0 Å². The van der Waals surface area contributed by atoms with Crippen LogP contribution in [-0.4, -0.2) is 30.4 Å². The largest absolute Gasteiger partial charge is 0.319 e. The molecule has 0 fully saturated rings. The van der Waals surface area contributed by atoms with Crippen molar-refractivity contribution >= 4 is 23.2 Å². The van der Waals surface area contributed by atoms with Crippen LogP contribution in [0.1, 0.15) is 10.5 Å². The lowest BCUT2D eigenvalue weighted by Gasteiger charge is -2.05. The Morgan fingerprint density at radius 1 is 1.19 bits per heavy atom. The van der Waals surface area contributed by atoms with Crippen LogP contribution in [0.5, 0.6) is 0 Å². The molecule has 0 atom stereocenters. The number of carbonyl (C=O) groups is 1. The molecule has 0 aromatic carbocycles. The SMILES string of the molecule is O=C(Nc1ccc(-n2ccnc2)nc1)c1cncc(Cl)n1. The van der Waals surface area contributed by atoms with E-state index in [4.69, 9.17) is 11.6 Å². The highest BCUT2D eigenvalue weighted by Crippen LogP contribution is 2.11. The fraction of sp³-hybridized carbons (Fsp3) is 0. The molecule has 3 aromatic heterocycles. The van der Waals surface area contributed by atoms with Crippen molar-refractivity contribution in [3.8, 4) is 5.82 Å². The Labute approximate surface area is 124 Å². The number of halogens is 1. The molecule has 0 aliphatic carbocycles. The Bertz CT molecular complexity index is 757. The van der Waals surface area contributed by atoms with Crippen LogP contribution in [0.4, 0.5) is 5.69 Å². The van der Waals surface area contributed by atoms with E-state index in [0.29, 0.717) is 11.5 Å². The fourth-order valence-corrected chi connectivity index (χ4v) is 1.80. The second-order valence-corrected chi connectivity index (χ2v) is 4.44. The lowest BCUT2D eigenvalue weighted by molar-refractivity contribution is 0.102. The molecular weight excluding hydrogens is 292 g/mol. The summed E-state index contributed by atoms with van der Waals surface area (Å²) in [4.78, 5) is 27.8. The molecule has 0 aliphatic rings. The minimum absolute atomic E-state index is 0.140. The van der Waals surface area contributed by atoms with Gasteiger partial charge in [-0.25, -0.2) is 15.0 Å². The summed E-state index contributed by atoms with van der Waals surface area (Å²) in [6.07, 6.45) is 9.33. The van der Waals surface area contributed by atoms with E-state index >= 15 is 0 Å². The number of hydrogen-bond acceptors (Lipinski definition) is 5. The van der Waals surface area contributed by atoms with Gasteiger partial charge < -0.3 is 5.32 Å². The van der Waals surface area contributed by atoms with Gasteiger partial charge in [-0.1, -0.05) is 11.6 Å². The van der Waals surface area contributed by atoms with Crippen molar-refractivity contribution in [2.24, 2.45) is 0 Å². The van der Waals surface area contributed by atoms with Crippen molar-refractivity contribution in [1.29, 1.82) is 0 Å². The monoisotopic (exact) mass is 300 g/mol. The van der Waals surface area contributed by atoms with Crippen molar-refractivity contribution < 1.29 is 4.79 Å². The number of anilines is 1. The summed E-state index contributed by atoms with van der Waals surface area (Å²) in [5.74, 6) is 0.301. The molecule has 3 rings (SSSR count). The van der Waals surface area contributed by atoms with E-state index in [0.717, 1.165) is 0 Å². The molecule has 0 saturated heterocycles. The Morgan fingerprint density at radius 3 is 2.76 bits per heavy atom. The minimum atomic E-state index is -0.401. The summed E-state index contributed by atoms with van der Waals surface area (Å²) in [5.41, 5.74) is 0.687. The summed E-state index contributed by atoms with van der Waals surface area (Å²) >= 11 is 5.70. The predicted molar refractivity (Wildman–Crippen MR) is 76.4 cm³/mol. The predicted octanol–water partition coefficient (Wildman–Crippen LogP) is 1.96. The number of rotatable bonds is 3. The van der Waals surface area contributed by atoms with Crippen molar-refractivity contribution in [3.05, 3.63) is 60.3 Å². The number of nitrogens with one attached hydrogen (secondary N) is 1. The number of imidazole rings is 1. The van der Waals surface area contributed by atoms with Crippen molar-refractivity contribution in [2.75, 3.05) is 5.32 Å². The highest BCUT2D eigenvalue weighted by Gasteiger charge is 2.09. The van der Waals surface area contributed by atoms with E-state index in [1.165, 1.54) is 12.4 Å². The maximum Gasteiger partial charge on any atom is 0.275 e. The van der Waals surface area contributed by atoms with Gasteiger partial charge in [-0.05, 0) is 12.1 Å². The van der Waals surface area contributed by atoms with Crippen LogP contribution in [0, 0.1) is 0 Å². The highest BCUT2D eigenvalue weighted by molar-refractivity contribution is 6.29. The quantitative estimate of drug-likeness (QED) is 0.799. The first kappa shape index (κ1) is 13.2. The molecule has 0 saturated carbocycles. The molecule has 1 amide bonds. The van der Waals surface area contributed by atoms with Crippen LogP contribution in [0.15, 0.2) is 49.4 Å². The van der Waals surface area contributed by atoms with Crippen molar-refractivity contribution in [2.45, 2.75) is 0 Å². The fourth-order valence-electron chi connectivity index (χ4n) is 1.65. The first-order valence-corrected chi connectivity index (χ1v) is 6.33. The normalized spacial score (nSPS) is 10.3. The smallest absolute Gasteiger partial charge is 0.275 e. The maximum absolute atomic E-state index is 12.0. The Kier molecular flexibility index (Phi) is 3.57. The van der Waals surface area contributed by atoms with Gasteiger partial charge in [-0.3, -0.25) is 14.3 Å². The average Bonchev–Trinajstić information content (AvgIpc) is 3.02. The van der Waals surface area contributed by atoms with Gasteiger partial charge in [0.25, 0.3) is 5.91 Å². The number of aromatic nitrogens is 5. The van der Waals surface area contributed by atoms with Gasteiger partial charge in [-0.15, -0.1) is 0 Å². The molecule has 21 heavy (non-hydrogen) atoms. The molecule has 0 spiro atoms. The van der Waals surface area contributed by atoms with Crippen LogP contribution in [-0.2, 0) is 0 Å². The van der Waals surface area contributed by atoms with E-state index in [-0.39, 0.29) is 10.8 Å². The van der Waals surface area contributed by atoms with Crippen LogP contribution in [0.3, 0.4) is 0 Å². The van der Waals surface area contributed by atoms with Gasteiger partial charge in [0.05, 0.1) is 24.3 Å². The second kappa shape index (κ2) is 5.68. The van der Waals surface area contributed by atoms with Gasteiger partial charge in [-0.2, -0.15) is 0 Å². The lowest BCUT2D eigenvalue weighted by atomic mass is 10.3. The Hall–Kier alpha value is -2.80. The zero-order valence-corrected chi connectivity index (χ0v) is 11.4. The van der Waals surface area contributed by atoms with Gasteiger partial charge >= 0.3 is 0 Å². The molecular formula is C13H9ClN6O. The number of pyridine rings is 1. The van der Waals surface area contributed by atoms with Gasteiger partial charge in [0, 0.05) is 12.4 Å². The third kappa shape index (κ3) is 3.03. The zero-order valence-electron chi connectivity index (χ0n) is 10.6. The average molecular weight is 301 g/mol. The number of amides is 1. The highest BCUT2D eigenvalue weighted by atomic mass is 35.5. The summed E-state index contributed by atoms with van der Waals surface area (Å²) in [5, 5.41) is 2.83. The summed E-state index contributed by atoms with van der Waals surface area (Å²) in [6.45, 7) is 0. The minimum Gasteiger partial charge on any atom is -0.319 e. The third-order valence-corrected chi connectivity index (χ3v) is 2.79. The lowest BCUT2D eigenvalue weighted by Crippen LogP contribution is -2.14. The molecule has 0 radical (unpaired) electrons. The molecule has 104 valence electrons. The molecule has 8 heteroatoms. The molecule has 0 bridgehead atoms. The topological polar surface area (TPSA) is 85.6 Å². The molecule has 7 nitrogen and oxygen atoms in total. The zero-order chi connectivity index (χ0) is 14.7. The first-order chi connectivity index (χ1) is 10.2.